The molecule has 0 spiro atoms. The molecule has 2 N–H and O–H groups in total. The van der Waals surface area contributed by atoms with Gasteiger partial charge in [0.15, 0.2) is 11.0 Å². The summed E-state index contributed by atoms with van der Waals surface area (Å²) in [5, 5.41) is 0.0911. The lowest BCUT2D eigenvalue weighted by Gasteiger charge is -2.26. The minimum Gasteiger partial charge on any atom is -0.381 e. The van der Waals surface area contributed by atoms with Crippen LogP contribution in [0.4, 0.5) is 5.82 Å². The molecule has 1 saturated heterocycles. The van der Waals surface area contributed by atoms with Crippen molar-refractivity contribution in [1.29, 1.82) is 0 Å². The zero-order chi connectivity index (χ0) is 17.3. The van der Waals surface area contributed by atoms with Crippen molar-refractivity contribution in [2.24, 2.45) is 0 Å². The van der Waals surface area contributed by atoms with Crippen LogP contribution in [0.3, 0.4) is 0 Å². The van der Waals surface area contributed by atoms with Crippen LogP contribution in [0.25, 0.3) is 11.3 Å². The van der Waals surface area contributed by atoms with Crippen molar-refractivity contribution in [2.75, 3.05) is 32.0 Å². The predicted molar refractivity (Wildman–Crippen MR) is 91.2 cm³/mol. The summed E-state index contributed by atoms with van der Waals surface area (Å²) in [5.74, 6) is 0.134. The number of nitrogen functional groups attached to an aromatic ring is 1. The van der Waals surface area contributed by atoms with E-state index in [0.29, 0.717) is 37.6 Å². The molecule has 24 heavy (non-hydrogen) atoms. The molecule has 0 aliphatic carbocycles. The molecule has 1 fully saturated rings. The molecule has 0 bridgehead atoms. The van der Waals surface area contributed by atoms with Crippen molar-refractivity contribution >= 4 is 27.4 Å². The van der Waals surface area contributed by atoms with Gasteiger partial charge in [-0.15, -0.1) is 0 Å². The van der Waals surface area contributed by atoms with Gasteiger partial charge >= 0.3 is 0 Å². The number of hydrogen-bond acceptors (Lipinski definition) is 6. The van der Waals surface area contributed by atoms with Crippen molar-refractivity contribution in [3.63, 3.8) is 0 Å². The highest BCUT2D eigenvalue weighted by Gasteiger charge is 2.27. The molecular weight excluding hydrogens is 352 g/mol. The first-order valence-corrected chi connectivity index (χ1v) is 9.18. The summed E-state index contributed by atoms with van der Waals surface area (Å²) >= 11 is 5.93. The number of ether oxygens (including phenoxy) is 1. The minimum absolute atomic E-state index is 0.0911. The molecule has 2 aromatic rings. The number of benzene rings is 1. The van der Waals surface area contributed by atoms with Crippen LogP contribution in [0, 0.1) is 6.92 Å². The Hall–Kier alpha value is -1.74. The molecule has 9 heteroatoms. The zero-order valence-electron chi connectivity index (χ0n) is 13.1. The third-order valence-corrected chi connectivity index (χ3v) is 6.02. The third-order valence-electron chi connectivity index (χ3n) is 3.85. The molecule has 1 aliphatic heterocycles. The zero-order valence-corrected chi connectivity index (χ0v) is 14.6. The van der Waals surface area contributed by atoms with Crippen molar-refractivity contribution in [3.8, 4) is 11.3 Å². The van der Waals surface area contributed by atoms with E-state index in [1.54, 1.807) is 18.2 Å². The molecule has 0 atom stereocenters. The predicted octanol–water partition coefficient (Wildman–Crippen LogP) is 1.71. The van der Waals surface area contributed by atoms with Crippen LogP contribution in [0.1, 0.15) is 5.56 Å². The van der Waals surface area contributed by atoms with Crippen molar-refractivity contribution in [1.82, 2.24) is 14.3 Å². The Morgan fingerprint density at radius 2 is 2.00 bits per heavy atom. The smallest absolute Gasteiger partial charge is 0.243 e. The van der Waals surface area contributed by atoms with Crippen molar-refractivity contribution < 1.29 is 13.2 Å². The standard InChI is InChI=1S/C15H17ClN4O3S/c1-10-2-3-11(24(21,22)20-4-6-23-7-5-20)8-12(10)13-9-18-15(17)14(16)19-13/h2-3,8-9H,4-7H2,1H3,(H2,17,18). The average Bonchev–Trinajstić information content (AvgIpc) is 2.58. The highest BCUT2D eigenvalue weighted by atomic mass is 35.5. The normalized spacial score (nSPS) is 16.2. The Morgan fingerprint density at radius 1 is 1.29 bits per heavy atom. The first-order chi connectivity index (χ1) is 11.4. The molecule has 1 aromatic heterocycles. The number of anilines is 1. The van der Waals surface area contributed by atoms with E-state index < -0.39 is 10.0 Å². The lowest BCUT2D eigenvalue weighted by Crippen LogP contribution is -2.40. The molecule has 1 aliphatic rings. The van der Waals surface area contributed by atoms with E-state index in [1.807, 2.05) is 6.92 Å². The molecule has 0 unspecified atom stereocenters. The second kappa shape index (κ2) is 6.64. The van der Waals surface area contributed by atoms with E-state index >= 15 is 0 Å². The van der Waals surface area contributed by atoms with E-state index in [9.17, 15) is 8.42 Å². The van der Waals surface area contributed by atoms with Gasteiger partial charge in [-0.25, -0.2) is 18.4 Å². The van der Waals surface area contributed by atoms with Crippen LogP contribution >= 0.6 is 11.6 Å². The van der Waals surface area contributed by atoms with Gasteiger partial charge < -0.3 is 10.5 Å². The Kier molecular flexibility index (Phi) is 4.73. The minimum atomic E-state index is -3.58. The van der Waals surface area contributed by atoms with E-state index in [-0.39, 0.29) is 15.9 Å². The van der Waals surface area contributed by atoms with Gasteiger partial charge in [-0.1, -0.05) is 17.7 Å². The number of aromatic nitrogens is 2. The topological polar surface area (TPSA) is 98.4 Å². The highest BCUT2D eigenvalue weighted by Crippen LogP contribution is 2.28. The number of hydrogen-bond donors (Lipinski definition) is 1. The second-order valence-corrected chi connectivity index (χ2v) is 7.72. The number of nitrogens with two attached hydrogens (primary N) is 1. The lowest BCUT2D eigenvalue weighted by molar-refractivity contribution is 0.0730. The molecule has 3 rings (SSSR count). The van der Waals surface area contributed by atoms with Gasteiger partial charge in [0.2, 0.25) is 10.0 Å². The largest absolute Gasteiger partial charge is 0.381 e. The molecule has 128 valence electrons. The van der Waals surface area contributed by atoms with Crippen LogP contribution in [0.15, 0.2) is 29.3 Å². The maximum Gasteiger partial charge on any atom is 0.243 e. The number of sulfonamides is 1. The summed E-state index contributed by atoms with van der Waals surface area (Å²) in [6, 6.07) is 4.93. The van der Waals surface area contributed by atoms with Crippen LogP contribution in [0.5, 0.6) is 0 Å². The van der Waals surface area contributed by atoms with Crippen LogP contribution in [-0.4, -0.2) is 49.0 Å². The fourth-order valence-electron chi connectivity index (χ4n) is 2.48. The highest BCUT2D eigenvalue weighted by molar-refractivity contribution is 7.89. The summed E-state index contributed by atoms with van der Waals surface area (Å²) < 4.78 is 32.2. The van der Waals surface area contributed by atoms with Crippen LogP contribution in [-0.2, 0) is 14.8 Å². The summed E-state index contributed by atoms with van der Waals surface area (Å²) in [6.07, 6.45) is 1.48. The molecule has 0 radical (unpaired) electrons. The number of halogens is 1. The SMILES string of the molecule is Cc1ccc(S(=O)(=O)N2CCOCC2)cc1-c1cnc(N)c(Cl)n1. The van der Waals surface area contributed by atoms with E-state index in [0.717, 1.165) is 5.56 Å². The van der Waals surface area contributed by atoms with Crippen LogP contribution in [0.2, 0.25) is 5.15 Å². The molecule has 0 amide bonds. The Morgan fingerprint density at radius 3 is 2.67 bits per heavy atom. The molecule has 0 saturated carbocycles. The van der Waals surface area contributed by atoms with Gasteiger partial charge in [0.25, 0.3) is 0 Å². The fourth-order valence-corrected chi connectivity index (χ4v) is 4.05. The molecule has 1 aromatic carbocycles. The number of nitrogens with zero attached hydrogens (tertiary/aromatic N) is 3. The van der Waals surface area contributed by atoms with E-state index in [2.05, 4.69) is 9.97 Å². The maximum absolute atomic E-state index is 12.8. The second-order valence-electron chi connectivity index (χ2n) is 5.42. The Labute approximate surface area is 145 Å². The lowest BCUT2D eigenvalue weighted by atomic mass is 10.1. The number of aryl methyl sites for hydroxylation is 1. The summed E-state index contributed by atoms with van der Waals surface area (Å²) in [5.41, 5.74) is 7.58. The van der Waals surface area contributed by atoms with Gasteiger partial charge in [0.05, 0.1) is 30.0 Å². The van der Waals surface area contributed by atoms with Gasteiger partial charge in [0.1, 0.15) is 0 Å². The van der Waals surface area contributed by atoms with E-state index in [1.165, 1.54) is 10.5 Å². The quantitative estimate of drug-likeness (QED) is 0.885. The Balaban J connectivity index is 2.04. The fraction of sp³-hybridized carbons (Fsp3) is 0.333. The summed E-state index contributed by atoms with van der Waals surface area (Å²) in [7, 11) is -3.58. The van der Waals surface area contributed by atoms with Gasteiger partial charge in [0, 0.05) is 18.7 Å². The number of rotatable bonds is 3. The maximum atomic E-state index is 12.8. The first-order valence-electron chi connectivity index (χ1n) is 7.36. The molecular formula is C15H17ClN4O3S. The van der Waals surface area contributed by atoms with Crippen LogP contribution < -0.4 is 5.73 Å². The van der Waals surface area contributed by atoms with Crippen molar-refractivity contribution in [3.05, 3.63) is 35.1 Å². The van der Waals surface area contributed by atoms with E-state index in [4.69, 9.17) is 22.1 Å². The van der Waals surface area contributed by atoms with Crippen molar-refractivity contribution in [2.45, 2.75) is 11.8 Å². The molecule has 2 heterocycles. The van der Waals surface area contributed by atoms with Gasteiger partial charge in [-0.3, -0.25) is 0 Å². The summed E-state index contributed by atoms with van der Waals surface area (Å²) in [6.45, 7) is 3.36. The number of morpholine rings is 1. The monoisotopic (exact) mass is 368 g/mol. The third kappa shape index (κ3) is 3.23. The summed E-state index contributed by atoms with van der Waals surface area (Å²) in [4.78, 5) is 8.38. The first kappa shape index (κ1) is 17.1. The van der Waals surface area contributed by atoms with Gasteiger partial charge in [-0.2, -0.15) is 4.31 Å². The van der Waals surface area contributed by atoms with Gasteiger partial charge in [-0.05, 0) is 24.6 Å². The average molecular weight is 369 g/mol. The molecule has 7 nitrogen and oxygen atoms in total. The Bertz CT molecular complexity index is 867.